The average Bonchev–Trinajstić information content (AvgIpc) is 2.61. The molecule has 1 aromatic rings. The summed E-state index contributed by atoms with van der Waals surface area (Å²) in [5, 5.41) is 10.2. The average molecular weight is 211 g/mol. The molecule has 1 aliphatic rings. The third-order valence-corrected chi connectivity index (χ3v) is 3.36. The zero-order valence-electron chi connectivity index (χ0n) is 8.31. The summed E-state index contributed by atoms with van der Waals surface area (Å²) in [4.78, 5) is 2.87. The van der Waals surface area contributed by atoms with Gasteiger partial charge in [-0.15, -0.1) is 11.3 Å². The van der Waals surface area contributed by atoms with Crippen molar-refractivity contribution in [3.8, 4) is 0 Å². The van der Waals surface area contributed by atoms with Crippen molar-refractivity contribution in [3.63, 3.8) is 0 Å². The van der Waals surface area contributed by atoms with E-state index in [0.717, 1.165) is 39.3 Å². The van der Waals surface area contributed by atoms with E-state index < -0.39 is 0 Å². The predicted octanol–water partition coefficient (Wildman–Crippen LogP) is 0.530. The molecule has 2 heterocycles. The molecule has 0 saturated heterocycles. The lowest BCUT2D eigenvalue weighted by Crippen LogP contribution is -2.32. The summed E-state index contributed by atoms with van der Waals surface area (Å²) >= 11 is 1.90. The maximum absolute atomic E-state index is 3.43. The minimum absolute atomic E-state index is 1.01. The topological polar surface area (TPSA) is 36.1 Å². The molecule has 4 heteroatoms. The molecule has 0 unspecified atom stereocenters. The van der Waals surface area contributed by atoms with Gasteiger partial charge >= 0.3 is 0 Å². The summed E-state index contributed by atoms with van der Waals surface area (Å²) in [6.45, 7) is 6.22. The molecule has 0 aliphatic carbocycles. The van der Waals surface area contributed by atoms with Crippen LogP contribution in [0.15, 0.2) is 12.1 Å². The first kappa shape index (κ1) is 10.1. The molecule has 0 amide bonds. The van der Waals surface area contributed by atoms with E-state index in [1.54, 1.807) is 0 Å². The number of fused-ring (bicyclic) bond motifs is 2. The second-order valence-corrected chi connectivity index (χ2v) is 4.72. The maximum atomic E-state index is 3.43. The second kappa shape index (κ2) is 5.46. The second-order valence-electron chi connectivity index (χ2n) is 3.47. The Morgan fingerprint density at radius 1 is 0.786 bits per heavy atom. The highest BCUT2D eigenvalue weighted by atomic mass is 32.1. The van der Waals surface area contributed by atoms with Crippen molar-refractivity contribution in [1.29, 1.82) is 0 Å². The van der Waals surface area contributed by atoms with Crippen LogP contribution in [0.3, 0.4) is 0 Å². The van der Waals surface area contributed by atoms with E-state index in [1.165, 1.54) is 9.75 Å². The fourth-order valence-electron chi connectivity index (χ4n) is 1.51. The molecule has 0 saturated carbocycles. The Morgan fingerprint density at radius 3 is 1.86 bits per heavy atom. The van der Waals surface area contributed by atoms with Crippen LogP contribution in [-0.4, -0.2) is 26.2 Å². The van der Waals surface area contributed by atoms with Crippen LogP contribution in [0.5, 0.6) is 0 Å². The van der Waals surface area contributed by atoms with Crippen LogP contribution >= 0.6 is 11.3 Å². The van der Waals surface area contributed by atoms with Gasteiger partial charge < -0.3 is 16.0 Å². The highest BCUT2D eigenvalue weighted by Gasteiger charge is 2.00. The summed E-state index contributed by atoms with van der Waals surface area (Å²) in [6, 6.07) is 4.44. The molecule has 0 spiro atoms. The van der Waals surface area contributed by atoms with E-state index in [9.17, 15) is 0 Å². The zero-order valence-corrected chi connectivity index (χ0v) is 9.12. The van der Waals surface area contributed by atoms with E-state index >= 15 is 0 Å². The van der Waals surface area contributed by atoms with Crippen LogP contribution in [-0.2, 0) is 13.1 Å². The molecule has 3 nitrogen and oxygen atoms in total. The first-order valence-corrected chi connectivity index (χ1v) is 5.96. The SMILES string of the molecule is c1cc2sc1CNCCNCCNC2. The van der Waals surface area contributed by atoms with Gasteiger partial charge in [-0.25, -0.2) is 0 Å². The highest BCUT2D eigenvalue weighted by molar-refractivity contribution is 7.11. The van der Waals surface area contributed by atoms with Crippen molar-refractivity contribution in [3.05, 3.63) is 21.9 Å². The Morgan fingerprint density at radius 2 is 1.29 bits per heavy atom. The van der Waals surface area contributed by atoms with Gasteiger partial charge in [0.2, 0.25) is 0 Å². The molecular weight excluding hydrogens is 194 g/mol. The van der Waals surface area contributed by atoms with Gasteiger partial charge in [0.1, 0.15) is 0 Å². The third kappa shape index (κ3) is 3.06. The molecule has 0 aromatic carbocycles. The van der Waals surface area contributed by atoms with Crippen LogP contribution in [0.1, 0.15) is 9.75 Å². The van der Waals surface area contributed by atoms with E-state index in [4.69, 9.17) is 0 Å². The van der Waals surface area contributed by atoms with E-state index in [-0.39, 0.29) is 0 Å². The summed E-state index contributed by atoms with van der Waals surface area (Å²) in [6.07, 6.45) is 0. The van der Waals surface area contributed by atoms with E-state index in [2.05, 4.69) is 28.1 Å². The molecular formula is C10H17N3S. The van der Waals surface area contributed by atoms with Gasteiger partial charge in [-0.3, -0.25) is 0 Å². The van der Waals surface area contributed by atoms with Crippen LogP contribution < -0.4 is 16.0 Å². The number of hydrogen-bond acceptors (Lipinski definition) is 4. The van der Waals surface area contributed by atoms with Crippen molar-refractivity contribution >= 4 is 11.3 Å². The van der Waals surface area contributed by atoms with E-state index in [0.29, 0.717) is 0 Å². The number of rotatable bonds is 0. The maximum Gasteiger partial charge on any atom is 0.0300 e. The minimum atomic E-state index is 1.01. The quantitative estimate of drug-likeness (QED) is 0.586. The van der Waals surface area contributed by atoms with Gasteiger partial charge in [-0.2, -0.15) is 0 Å². The summed E-state index contributed by atoms with van der Waals surface area (Å²) in [5.74, 6) is 0. The van der Waals surface area contributed by atoms with Gasteiger partial charge in [0.25, 0.3) is 0 Å². The first-order chi connectivity index (χ1) is 6.95. The fraction of sp³-hybridized carbons (Fsp3) is 0.600. The fourth-order valence-corrected chi connectivity index (χ4v) is 2.47. The molecule has 0 atom stereocenters. The van der Waals surface area contributed by atoms with Gasteiger partial charge in [-0.1, -0.05) is 0 Å². The van der Waals surface area contributed by atoms with E-state index in [1.807, 2.05) is 11.3 Å². The molecule has 1 aromatic heterocycles. The molecule has 78 valence electrons. The Kier molecular flexibility index (Phi) is 3.94. The smallest absolute Gasteiger partial charge is 0.0300 e. The third-order valence-electron chi connectivity index (χ3n) is 2.27. The molecule has 2 bridgehead atoms. The normalized spacial score (nSPS) is 19.7. The van der Waals surface area contributed by atoms with Crippen molar-refractivity contribution in [2.24, 2.45) is 0 Å². The minimum Gasteiger partial charge on any atom is -0.314 e. The number of nitrogens with one attached hydrogen (secondary N) is 3. The Labute approximate surface area is 88.9 Å². The first-order valence-electron chi connectivity index (χ1n) is 5.15. The standard InChI is InChI=1S/C10H17N3S/c1-2-10-8-13-6-4-11-3-5-12-7-9(1)14-10/h1-2,11-13H,3-8H2. The molecule has 2 rings (SSSR count). The van der Waals surface area contributed by atoms with Crippen molar-refractivity contribution in [2.75, 3.05) is 26.2 Å². The Balaban J connectivity index is 1.93. The molecule has 14 heavy (non-hydrogen) atoms. The summed E-state index contributed by atoms with van der Waals surface area (Å²) in [5.41, 5.74) is 0. The largest absolute Gasteiger partial charge is 0.314 e. The van der Waals surface area contributed by atoms with Crippen molar-refractivity contribution in [1.82, 2.24) is 16.0 Å². The molecule has 1 aliphatic heterocycles. The van der Waals surface area contributed by atoms with Crippen molar-refractivity contribution in [2.45, 2.75) is 13.1 Å². The van der Waals surface area contributed by atoms with Gasteiger partial charge in [0.05, 0.1) is 0 Å². The molecule has 3 N–H and O–H groups in total. The Hall–Kier alpha value is -0.420. The van der Waals surface area contributed by atoms with Gasteiger partial charge in [-0.05, 0) is 12.1 Å². The monoisotopic (exact) mass is 211 g/mol. The summed E-state index contributed by atoms with van der Waals surface area (Å²) in [7, 11) is 0. The zero-order chi connectivity index (χ0) is 9.64. The lowest BCUT2D eigenvalue weighted by atomic mass is 10.4. The van der Waals surface area contributed by atoms with Crippen molar-refractivity contribution < 1.29 is 0 Å². The molecule has 0 radical (unpaired) electrons. The van der Waals surface area contributed by atoms with Crippen LogP contribution in [0.25, 0.3) is 0 Å². The lowest BCUT2D eigenvalue weighted by Gasteiger charge is -2.08. The molecule has 0 fully saturated rings. The predicted molar refractivity (Wildman–Crippen MR) is 60.6 cm³/mol. The van der Waals surface area contributed by atoms with Gasteiger partial charge in [0, 0.05) is 49.0 Å². The van der Waals surface area contributed by atoms with Crippen LogP contribution in [0, 0.1) is 0 Å². The highest BCUT2D eigenvalue weighted by Crippen LogP contribution is 2.15. The Bertz CT molecular complexity index is 248. The van der Waals surface area contributed by atoms with Gasteiger partial charge in [0.15, 0.2) is 0 Å². The van der Waals surface area contributed by atoms with Crippen LogP contribution in [0.4, 0.5) is 0 Å². The lowest BCUT2D eigenvalue weighted by molar-refractivity contribution is 0.583. The van der Waals surface area contributed by atoms with Crippen LogP contribution in [0.2, 0.25) is 0 Å². The number of hydrogen-bond donors (Lipinski definition) is 3. The summed E-state index contributed by atoms with van der Waals surface area (Å²) < 4.78 is 0. The number of thiophene rings is 1.